The van der Waals surface area contributed by atoms with Crippen molar-refractivity contribution in [3.8, 4) is 0 Å². The highest BCUT2D eigenvalue weighted by Gasteiger charge is 2.47. The summed E-state index contributed by atoms with van der Waals surface area (Å²) in [5, 5.41) is 24.3. The number of benzene rings is 2. The van der Waals surface area contributed by atoms with Gasteiger partial charge in [0.05, 0.1) is 30.0 Å². The molecule has 2 fully saturated rings. The van der Waals surface area contributed by atoms with E-state index >= 15 is 4.39 Å². The number of carboxylic acid groups (broad SMARTS) is 2. The van der Waals surface area contributed by atoms with Crippen LogP contribution in [-0.4, -0.2) is 70.0 Å². The Morgan fingerprint density at radius 1 is 1.02 bits per heavy atom. The number of quaternary nitrogens is 1. The molecule has 0 bridgehead atoms. The summed E-state index contributed by atoms with van der Waals surface area (Å²) in [6.45, 7) is 2.52. The van der Waals surface area contributed by atoms with Gasteiger partial charge in [-0.3, -0.25) is 9.69 Å². The van der Waals surface area contributed by atoms with Gasteiger partial charge in [-0.25, -0.2) is 14.0 Å². The fraction of sp³-hybridized carbons (Fsp3) is 0.286. The number of aromatic carboxylic acids is 1. The van der Waals surface area contributed by atoms with Crippen molar-refractivity contribution < 1.29 is 41.2 Å². The average Bonchev–Trinajstić information content (AvgIpc) is 3.69. The number of aliphatic carboxylic acids is 1. The van der Waals surface area contributed by atoms with E-state index in [9.17, 15) is 24.6 Å². The number of rotatable bonds is 4. The lowest BCUT2D eigenvalue weighted by atomic mass is 10.0. The summed E-state index contributed by atoms with van der Waals surface area (Å²) in [6, 6.07) is 10.5. The van der Waals surface area contributed by atoms with Crippen LogP contribution < -0.4 is 27.6 Å². The Morgan fingerprint density at radius 3 is 2.42 bits per heavy atom. The van der Waals surface area contributed by atoms with E-state index in [2.05, 4.69) is 0 Å². The zero-order chi connectivity index (χ0) is 27.1. The van der Waals surface area contributed by atoms with Crippen molar-refractivity contribution in [2.24, 2.45) is 5.10 Å². The quantitative estimate of drug-likeness (QED) is 0.431. The monoisotopic (exact) mass is 565 g/mol. The molecule has 3 aromatic rings. The predicted molar refractivity (Wildman–Crippen MR) is 142 cm³/mol. The smallest absolute Gasteiger partial charge is 0.341 e. The minimum absolute atomic E-state index is 0. The zero-order valence-electron chi connectivity index (χ0n) is 21.3. The third kappa shape index (κ3) is 3.96. The van der Waals surface area contributed by atoms with Crippen LogP contribution >= 0.6 is 0 Å². The summed E-state index contributed by atoms with van der Waals surface area (Å²) in [7, 11) is 0. The minimum Gasteiger partial charge on any atom is -1.00 e. The maximum absolute atomic E-state index is 15.4. The van der Waals surface area contributed by atoms with Crippen LogP contribution in [0.15, 0.2) is 58.1 Å². The van der Waals surface area contributed by atoms with Crippen molar-refractivity contribution in [1.82, 2.24) is 4.57 Å². The summed E-state index contributed by atoms with van der Waals surface area (Å²) in [6.07, 6.45) is 4.79. The van der Waals surface area contributed by atoms with Gasteiger partial charge in [0, 0.05) is 17.6 Å². The number of nitrogens with zero attached hydrogens (tertiary/aromatic N) is 5. The Bertz CT molecular complexity index is 1720. The number of hydrogen-bond acceptors (Lipinski definition) is 6. The van der Waals surface area contributed by atoms with Gasteiger partial charge < -0.3 is 32.1 Å². The number of aromatic nitrogens is 1. The molecule has 4 heterocycles. The first-order valence-electron chi connectivity index (χ1n) is 12.9. The van der Waals surface area contributed by atoms with Gasteiger partial charge in [0.25, 0.3) is 0 Å². The van der Waals surface area contributed by atoms with Gasteiger partial charge >= 0.3 is 11.9 Å². The molecule has 2 aromatic carbocycles. The van der Waals surface area contributed by atoms with Crippen LogP contribution in [0.25, 0.3) is 17.0 Å². The molecule has 0 radical (unpaired) electrons. The van der Waals surface area contributed by atoms with Gasteiger partial charge in [-0.05, 0) is 42.7 Å². The summed E-state index contributed by atoms with van der Waals surface area (Å²) >= 11 is 0. The summed E-state index contributed by atoms with van der Waals surface area (Å²) < 4.78 is 17.5. The molecule has 4 aliphatic rings. The van der Waals surface area contributed by atoms with Crippen molar-refractivity contribution in [3.63, 3.8) is 0 Å². The van der Waals surface area contributed by atoms with Gasteiger partial charge in [0.15, 0.2) is 6.67 Å². The van der Waals surface area contributed by atoms with Crippen molar-refractivity contribution >= 4 is 46.1 Å². The number of fused-ring (bicyclic) bond motifs is 4. The topological polar surface area (TPSA) is 115 Å². The Labute approximate surface area is 233 Å². The molecule has 1 saturated heterocycles. The number of anilines is 2. The van der Waals surface area contributed by atoms with Gasteiger partial charge in [0.1, 0.15) is 30.0 Å². The normalized spacial score (nSPS) is 19.0. The Morgan fingerprint density at radius 2 is 1.75 bits per heavy atom. The number of piperazine rings is 1. The third-order valence-corrected chi connectivity index (χ3v) is 8.15. The van der Waals surface area contributed by atoms with E-state index in [1.165, 1.54) is 6.20 Å². The molecule has 0 unspecified atom stereocenters. The molecule has 1 aromatic heterocycles. The molecular formula is C28H25ClFN5O5. The van der Waals surface area contributed by atoms with Crippen molar-refractivity contribution in [2.45, 2.75) is 18.9 Å². The highest BCUT2D eigenvalue weighted by molar-refractivity contribution is 6.29. The molecule has 12 heteroatoms. The maximum atomic E-state index is 15.4. The lowest BCUT2D eigenvalue weighted by Gasteiger charge is -2.39. The second-order valence-electron chi connectivity index (χ2n) is 10.6. The molecule has 3 aliphatic heterocycles. The molecule has 1 spiro atoms. The van der Waals surface area contributed by atoms with Crippen LogP contribution in [0.3, 0.4) is 0 Å². The number of pyridine rings is 1. The predicted octanol–water partition coefficient (Wildman–Crippen LogP) is 0.0873. The molecule has 1 aliphatic carbocycles. The number of carboxylic acids is 2. The van der Waals surface area contributed by atoms with E-state index in [1.807, 2.05) is 34.1 Å². The molecule has 2 N–H and O–H groups in total. The fourth-order valence-electron chi connectivity index (χ4n) is 5.97. The number of carbonyl (C=O) groups is 2. The Balaban J connectivity index is 0.00000289. The fourth-order valence-corrected chi connectivity index (χ4v) is 5.97. The largest absolute Gasteiger partial charge is 1.00 e. The molecule has 10 nitrogen and oxygen atoms in total. The minimum atomic E-state index is -1.32. The van der Waals surface area contributed by atoms with Crippen LogP contribution in [-0.2, 0) is 4.79 Å². The lowest BCUT2D eigenvalue weighted by molar-refractivity contribution is -0.929. The molecule has 7 rings (SSSR count). The van der Waals surface area contributed by atoms with E-state index in [4.69, 9.17) is 5.10 Å². The number of halogens is 2. The molecule has 1 saturated carbocycles. The first-order valence-corrected chi connectivity index (χ1v) is 12.9. The van der Waals surface area contributed by atoms with Crippen LogP contribution in [0.1, 0.15) is 34.8 Å². The van der Waals surface area contributed by atoms with Crippen LogP contribution in [0.5, 0.6) is 0 Å². The highest BCUT2D eigenvalue weighted by Crippen LogP contribution is 2.39. The van der Waals surface area contributed by atoms with Crippen molar-refractivity contribution in [3.05, 3.63) is 75.3 Å². The number of hydrogen-bond donors (Lipinski definition) is 2. The Hall–Kier alpha value is -4.22. The molecular weight excluding hydrogens is 541 g/mol. The summed E-state index contributed by atoms with van der Waals surface area (Å²) in [4.78, 5) is 40.4. The van der Waals surface area contributed by atoms with E-state index < -0.39 is 23.2 Å². The summed E-state index contributed by atoms with van der Waals surface area (Å²) in [5.41, 5.74) is 1.76. The van der Waals surface area contributed by atoms with E-state index in [0.717, 1.165) is 30.2 Å². The second kappa shape index (κ2) is 9.17. The van der Waals surface area contributed by atoms with E-state index in [0.29, 0.717) is 54.5 Å². The lowest BCUT2D eigenvalue weighted by Crippen LogP contribution is -3.00. The van der Waals surface area contributed by atoms with Crippen LogP contribution in [0.2, 0.25) is 0 Å². The molecule has 40 heavy (non-hydrogen) atoms. The van der Waals surface area contributed by atoms with Crippen molar-refractivity contribution in [2.75, 3.05) is 42.6 Å². The second-order valence-corrected chi connectivity index (χ2v) is 10.6. The van der Waals surface area contributed by atoms with Crippen LogP contribution in [0, 0.1) is 5.82 Å². The third-order valence-electron chi connectivity index (χ3n) is 8.15. The molecule has 206 valence electrons. The zero-order valence-corrected chi connectivity index (χ0v) is 22.0. The average molecular weight is 566 g/mol. The first kappa shape index (κ1) is 26.0. The van der Waals surface area contributed by atoms with Gasteiger partial charge in [-0.2, -0.15) is 4.59 Å². The van der Waals surface area contributed by atoms with Crippen molar-refractivity contribution in [1.29, 1.82) is 0 Å². The highest BCUT2D eigenvalue weighted by atomic mass is 35.5. The number of amidine groups is 1. The van der Waals surface area contributed by atoms with E-state index in [-0.39, 0.29) is 35.0 Å². The van der Waals surface area contributed by atoms with Gasteiger partial charge in [0.2, 0.25) is 11.3 Å². The van der Waals surface area contributed by atoms with Crippen LogP contribution in [0.4, 0.5) is 15.8 Å². The first-order chi connectivity index (χ1) is 18.7. The molecule has 0 atom stereocenters. The SMILES string of the molecule is O=C(O)C1=Cc2ccccc2N2C[N+]3(CCN(c4cc5c(cc4F)c(=O)c(C(=O)O)cn5C4CC4)CC3)N=C12.[Cl-]. The summed E-state index contributed by atoms with van der Waals surface area (Å²) in [5.74, 6) is -2.49. The van der Waals surface area contributed by atoms with Gasteiger partial charge in [-0.1, -0.05) is 23.3 Å². The number of para-hydroxylation sites is 1. The maximum Gasteiger partial charge on any atom is 0.341 e. The molecule has 0 amide bonds. The van der Waals surface area contributed by atoms with E-state index in [1.54, 1.807) is 16.7 Å². The van der Waals surface area contributed by atoms with Gasteiger partial charge in [-0.15, -0.1) is 0 Å². The standard InChI is InChI=1S/C28H24FN5O5.ClH/c29-21-12-18-23(32(17-5-6-17)14-20(25(18)35)28(38)39)13-24(21)31-7-9-34(10-8-31)15-33-22-4-2-1-3-16(22)11-19(27(36)37)26(33)30-34;/h1-4,11-14,17H,5-10,15H2,(H-,36,37,38,39);1H. The Kier molecular flexibility index (Phi) is 5.97.